The minimum Gasteiger partial charge on any atom is -0.271 e. The predicted octanol–water partition coefficient (Wildman–Crippen LogP) is 2.34. The van der Waals surface area contributed by atoms with Crippen LogP contribution in [0.3, 0.4) is 0 Å². The fraction of sp³-hybridized carbons (Fsp3) is 0.100. The summed E-state index contributed by atoms with van der Waals surface area (Å²) in [6.45, 7) is 0. The minimum absolute atomic E-state index is 0.0206. The summed E-state index contributed by atoms with van der Waals surface area (Å²) in [5, 5.41) is 5.49. The number of halogens is 1. The molecule has 1 aromatic heterocycles. The van der Waals surface area contributed by atoms with Crippen molar-refractivity contribution in [3.63, 3.8) is 0 Å². The van der Waals surface area contributed by atoms with Crippen molar-refractivity contribution in [2.75, 3.05) is 5.75 Å². The fourth-order valence-corrected chi connectivity index (χ4v) is 2.38. The Morgan fingerprint density at radius 3 is 2.75 bits per heavy atom. The summed E-state index contributed by atoms with van der Waals surface area (Å²) in [6.07, 6.45) is 0. The standard InChI is InChI=1S/C10H6ClN3OS/c11-7-3-1-6(2-4-7)9-12-10-14(13-9)8(15)5-16-10/h1-4H,5H2. The number of rotatable bonds is 1. The maximum absolute atomic E-state index is 11.4. The Kier molecular flexibility index (Phi) is 2.22. The highest BCUT2D eigenvalue weighted by Gasteiger charge is 2.24. The van der Waals surface area contributed by atoms with Gasteiger partial charge < -0.3 is 0 Å². The Hall–Kier alpha value is -1.33. The van der Waals surface area contributed by atoms with Gasteiger partial charge in [-0.1, -0.05) is 23.4 Å². The quantitative estimate of drug-likeness (QED) is 0.781. The van der Waals surface area contributed by atoms with Gasteiger partial charge in [0.15, 0.2) is 11.0 Å². The average Bonchev–Trinajstić information content (AvgIpc) is 2.83. The van der Waals surface area contributed by atoms with Crippen LogP contribution in [0.15, 0.2) is 29.4 Å². The topological polar surface area (TPSA) is 47.8 Å². The van der Waals surface area contributed by atoms with E-state index in [0.29, 0.717) is 21.8 Å². The first kappa shape index (κ1) is 9.86. The Morgan fingerprint density at radius 1 is 1.31 bits per heavy atom. The van der Waals surface area contributed by atoms with Crippen molar-refractivity contribution in [1.82, 2.24) is 14.8 Å². The van der Waals surface area contributed by atoms with E-state index in [-0.39, 0.29) is 5.91 Å². The number of hydrogen-bond donors (Lipinski definition) is 0. The normalized spacial score (nSPS) is 14.2. The molecule has 0 saturated heterocycles. The smallest absolute Gasteiger partial charge is 0.259 e. The molecule has 0 aliphatic carbocycles. The lowest BCUT2D eigenvalue weighted by Gasteiger charge is -1.95. The average molecular weight is 252 g/mol. The molecule has 0 radical (unpaired) electrons. The van der Waals surface area contributed by atoms with E-state index in [1.807, 2.05) is 12.1 Å². The van der Waals surface area contributed by atoms with E-state index < -0.39 is 0 Å². The molecular weight excluding hydrogens is 246 g/mol. The molecule has 0 bridgehead atoms. The van der Waals surface area contributed by atoms with Gasteiger partial charge in [-0.15, -0.1) is 5.10 Å². The van der Waals surface area contributed by atoms with Crippen LogP contribution in [-0.2, 0) is 0 Å². The van der Waals surface area contributed by atoms with Gasteiger partial charge in [0.25, 0.3) is 5.91 Å². The number of hydrogen-bond acceptors (Lipinski definition) is 4. The number of aromatic nitrogens is 3. The van der Waals surface area contributed by atoms with Crippen LogP contribution < -0.4 is 0 Å². The third-order valence-electron chi connectivity index (χ3n) is 2.24. The molecule has 0 atom stereocenters. The van der Waals surface area contributed by atoms with Gasteiger partial charge >= 0.3 is 0 Å². The van der Waals surface area contributed by atoms with Crippen molar-refractivity contribution < 1.29 is 4.79 Å². The molecular formula is C10H6ClN3OS. The molecule has 0 fully saturated rings. The molecule has 0 amide bonds. The van der Waals surface area contributed by atoms with E-state index in [1.165, 1.54) is 16.4 Å². The van der Waals surface area contributed by atoms with Crippen molar-refractivity contribution in [2.24, 2.45) is 0 Å². The van der Waals surface area contributed by atoms with Crippen LogP contribution in [0.4, 0.5) is 0 Å². The minimum atomic E-state index is -0.0206. The highest BCUT2D eigenvalue weighted by molar-refractivity contribution is 8.00. The van der Waals surface area contributed by atoms with E-state index in [2.05, 4.69) is 10.1 Å². The number of benzene rings is 1. The van der Waals surface area contributed by atoms with Gasteiger partial charge in [-0.25, -0.2) is 4.98 Å². The number of carbonyl (C=O) groups is 1. The summed E-state index contributed by atoms with van der Waals surface area (Å²) in [5.74, 6) is 0.968. The maximum atomic E-state index is 11.4. The Balaban J connectivity index is 2.05. The summed E-state index contributed by atoms with van der Waals surface area (Å²) in [4.78, 5) is 15.7. The second kappa shape index (κ2) is 3.61. The lowest BCUT2D eigenvalue weighted by atomic mass is 10.2. The molecule has 0 spiro atoms. The molecule has 0 unspecified atom stereocenters. The molecule has 0 saturated carbocycles. The van der Waals surface area contributed by atoms with Gasteiger partial charge in [-0.05, 0) is 24.3 Å². The van der Waals surface area contributed by atoms with Crippen molar-refractivity contribution in [3.8, 4) is 11.4 Å². The zero-order valence-electron chi connectivity index (χ0n) is 8.05. The summed E-state index contributed by atoms with van der Waals surface area (Å²) in [7, 11) is 0. The van der Waals surface area contributed by atoms with Gasteiger partial charge in [-0.3, -0.25) is 4.79 Å². The predicted molar refractivity (Wildman–Crippen MR) is 61.8 cm³/mol. The van der Waals surface area contributed by atoms with Crippen LogP contribution in [0.5, 0.6) is 0 Å². The van der Waals surface area contributed by atoms with Gasteiger partial charge in [0, 0.05) is 10.6 Å². The molecule has 1 aromatic carbocycles. The zero-order chi connectivity index (χ0) is 11.1. The molecule has 2 heterocycles. The second-order valence-corrected chi connectivity index (χ2v) is 4.70. The van der Waals surface area contributed by atoms with E-state index in [1.54, 1.807) is 12.1 Å². The summed E-state index contributed by atoms with van der Waals surface area (Å²) in [5.41, 5.74) is 0.861. The lowest BCUT2D eigenvalue weighted by Crippen LogP contribution is -2.08. The van der Waals surface area contributed by atoms with Crippen LogP contribution in [0.2, 0.25) is 5.02 Å². The second-order valence-electron chi connectivity index (χ2n) is 3.32. The number of fused-ring (bicyclic) bond motifs is 1. The van der Waals surface area contributed by atoms with Crippen LogP contribution in [0, 0.1) is 0 Å². The van der Waals surface area contributed by atoms with Crippen molar-refractivity contribution in [3.05, 3.63) is 29.3 Å². The summed E-state index contributed by atoms with van der Waals surface area (Å²) < 4.78 is 1.36. The van der Waals surface area contributed by atoms with Crippen LogP contribution in [-0.4, -0.2) is 26.4 Å². The molecule has 4 nitrogen and oxygen atoms in total. The molecule has 1 aliphatic heterocycles. The Morgan fingerprint density at radius 2 is 2.06 bits per heavy atom. The molecule has 0 N–H and O–H groups in total. The molecule has 6 heteroatoms. The van der Waals surface area contributed by atoms with Crippen molar-refractivity contribution in [2.45, 2.75) is 5.16 Å². The summed E-state index contributed by atoms with van der Waals surface area (Å²) in [6, 6.07) is 7.22. The van der Waals surface area contributed by atoms with E-state index in [0.717, 1.165) is 5.56 Å². The summed E-state index contributed by atoms with van der Waals surface area (Å²) >= 11 is 7.20. The molecule has 80 valence electrons. The van der Waals surface area contributed by atoms with Gasteiger partial charge in [-0.2, -0.15) is 4.68 Å². The van der Waals surface area contributed by atoms with Crippen LogP contribution >= 0.6 is 23.4 Å². The van der Waals surface area contributed by atoms with Gasteiger partial charge in [0.1, 0.15) is 0 Å². The first-order chi connectivity index (χ1) is 7.74. The SMILES string of the molecule is O=C1CSc2nc(-c3ccc(Cl)cc3)nn21. The zero-order valence-corrected chi connectivity index (χ0v) is 9.63. The maximum Gasteiger partial charge on any atom is 0.259 e. The van der Waals surface area contributed by atoms with Crippen LogP contribution in [0.25, 0.3) is 11.4 Å². The fourth-order valence-electron chi connectivity index (χ4n) is 1.46. The Bertz CT molecular complexity index is 564. The van der Waals surface area contributed by atoms with Crippen LogP contribution in [0.1, 0.15) is 4.79 Å². The molecule has 2 aromatic rings. The third kappa shape index (κ3) is 1.52. The largest absolute Gasteiger partial charge is 0.271 e. The Labute approximate surface area is 101 Å². The number of carbonyl (C=O) groups excluding carboxylic acids is 1. The highest BCUT2D eigenvalue weighted by Crippen LogP contribution is 2.26. The lowest BCUT2D eigenvalue weighted by molar-refractivity contribution is 0.0923. The molecule has 16 heavy (non-hydrogen) atoms. The van der Waals surface area contributed by atoms with Crippen molar-refractivity contribution in [1.29, 1.82) is 0 Å². The van der Waals surface area contributed by atoms with Gasteiger partial charge in [0.05, 0.1) is 5.75 Å². The van der Waals surface area contributed by atoms with E-state index in [4.69, 9.17) is 11.6 Å². The number of nitrogens with zero attached hydrogens (tertiary/aromatic N) is 3. The monoisotopic (exact) mass is 251 g/mol. The molecule has 3 rings (SSSR count). The van der Waals surface area contributed by atoms with Gasteiger partial charge in [0.2, 0.25) is 0 Å². The molecule has 1 aliphatic rings. The third-order valence-corrected chi connectivity index (χ3v) is 3.41. The number of thioether (sulfide) groups is 1. The first-order valence-electron chi connectivity index (χ1n) is 4.63. The highest BCUT2D eigenvalue weighted by atomic mass is 35.5. The van der Waals surface area contributed by atoms with Crippen molar-refractivity contribution >= 4 is 29.3 Å². The van der Waals surface area contributed by atoms with E-state index >= 15 is 0 Å². The first-order valence-corrected chi connectivity index (χ1v) is 5.99. The van der Waals surface area contributed by atoms with E-state index in [9.17, 15) is 4.79 Å².